The van der Waals surface area contributed by atoms with E-state index < -0.39 is 0 Å². The normalized spacial score (nSPS) is 14.7. The molecule has 0 rings (SSSR count). The van der Waals surface area contributed by atoms with Crippen molar-refractivity contribution in [2.24, 2.45) is 11.5 Å². The van der Waals surface area contributed by atoms with E-state index in [1.165, 1.54) is 0 Å². The second-order valence-electron chi connectivity index (χ2n) is 4.59. The molecular formula is C12H30N4O2. The van der Waals surface area contributed by atoms with Crippen LogP contribution in [0.2, 0.25) is 0 Å². The fourth-order valence-electron chi connectivity index (χ4n) is 1.27. The monoisotopic (exact) mass is 262 g/mol. The van der Waals surface area contributed by atoms with Crippen molar-refractivity contribution in [3.8, 4) is 0 Å². The van der Waals surface area contributed by atoms with Gasteiger partial charge < -0.3 is 31.6 Å². The summed E-state index contributed by atoms with van der Waals surface area (Å²) in [6, 6.07) is 0.383. The van der Waals surface area contributed by atoms with Gasteiger partial charge in [0, 0.05) is 38.3 Å². The van der Waals surface area contributed by atoms with Crippen molar-refractivity contribution in [2.75, 3.05) is 52.6 Å². The van der Waals surface area contributed by atoms with Crippen molar-refractivity contribution < 1.29 is 9.47 Å². The van der Waals surface area contributed by atoms with Crippen LogP contribution in [0.3, 0.4) is 0 Å². The van der Waals surface area contributed by atoms with Crippen LogP contribution in [0.1, 0.15) is 13.8 Å². The molecule has 0 aliphatic heterocycles. The van der Waals surface area contributed by atoms with Crippen LogP contribution < -0.4 is 22.1 Å². The third kappa shape index (κ3) is 15.8. The van der Waals surface area contributed by atoms with Gasteiger partial charge in [-0.2, -0.15) is 0 Å². The van der Waals surface area contributed by atoms with Gasteiger partial charge in [0.05, 0.1) is 26.4 Å². The molecule has 0 saturated carbocycles. The van der Waals surface area contributed by atoms with Crippen LogP contribution in [0, 0.1) is 0 Å². The van der Waals surface area contributed by atoms with E-state index >= 15 is 0 Å². The molecule has 2 atom stereocenters. The van der Waals surface area contributed by atoms with Gasteiger partial charge in [-0.25, -0.2) is 0 Å². The summed E-state index contributed by atoms with van der Waals surface area (Å²) in [4.78, 5) is 0. The second kappa shape index (κ2) is 13.2. The summed E-state index contributed by atoms with van der Waals surface area (Å²) < 4.78 is 10.8. The third-order valence-electron chi connectivity index (χ3n) is 2.15. The highest BCUT2D eigenvalue weighted by Gasteiger charge is 1.94. The Bertz CT molecular complexity index is 150. The van der Waals surface area contributed by atoms with Crippen molar-refractivity contribution in [1.82, 2.24) is 10.6 Å². The Morgan fingerprint density at radius 2 is 1.17 bits per heavy atom. The van der Waals surface area contributed by atoms with E-state index in [1.807, 2.05) is 13.8 Å². The first kappa shape index (κ1) is 17.8. The van der Waals surface area contributed by atoms with Gasteiger partial charge in [-0.1, -0.05) is 0 Å². The molecule has 0 unspecified atom stereocenters. The molecule has 0 bridgehead atoms. The summed E-state index contributed by atoms with van der Waals surface area (Å²) in [5, 5.41) is 6.40. The molecule has 6 heteroatoms. The molecule has 0 amide bonds. The van der Waals surface area contributed by atoms with Crippen LogP contribution in [0.15, 0.2) is 0 Å². The van der Waals surface area contributed by atoms with Crippen LogP contribution >= 0.6 is 0 Å². The molecule has 18 heavy (non-hydrogen) atoms. The van der Waals surface area contributed by atoms with E-state index in [2.05, 4.69) is 10.6 Å². The Morgan fingerprint density at radius 1 is 0.778 bits per heavy atom. The first-order chi connectivity index (χ1) is 8.63. The zero-order valence-corrected chi connectivity index (χ0v) is 11.8. The lowest BCUT2D eigenvalue weighted by Gasteiger charge is -2.09. The molecule has 110 valence electrons. The fraction of sp³-hybridized carbons (Fsp3) is 1.00. The van der Waals surface area contributed by atoms with E-state index in [9.17, 15) is 0 Å². The zero-order valence-electron chi connectivity index (χ0n) is 11.8. The van der Waals surface area contributed by atoms with Gasteiger partial charge in [-0.3, -0.25) is 0 Å². The number of rotatable bonds is 13. The molecule has 0 heterocycles. The van der Waals surface area contributed by atoms with Crippen LogP contribution in [0.4, 0.5) is 0 Å². The molecule has 0 aromatic heterocycles. The molecule has 0 aliphatic carbocycles. The number of hydrogen-bond acceptors (Lipinski definition) is 6. The summed E-state index contributed by atoms with van der Waals surface area (Å²) in [5.41, 5.74) is 11.2. The maximum Gasteiger partial charge on any atom is 0.0701 e. The maximum atomic E-state index is 5.59. The summed E-state index contributed by atoms with van der Waals surface area (Å²) in [6.07, 6.45) is 0. The van der Waals surface area contributed by atoms with Gasteiger partial charge >= 0.3 is 0 Å². The lowest BCUT2D eigenvalue weighted by atomic mass is 10.4. The Balaban J connectivity index is 2.95. The minimum Gasteiger partial charge on any atom is -0.378 e. The summed E-state index contributed by atoms with van der Waals surface area (Å²) in [7, 11) is 0. The number of nitrogens with one attached hydrogen (secondary N) is 2. The van der Waals surface area contributed by atoms with Gasteiger partial charge in [0.2, 0.25) is 0 Å². The van der Waals surface area contributed by atoms with Gasteiger partial charge in [0.1, 0.15) is 0 Å². The molecule has 0 saturated heterocycles. The molecule has 0 fully saturated rings. The Morgan fingerprint density at radius 3 is 1.50 bits per heavy atom. The van der Waals surface area contributed by atoms with Crippen LogP contribution in [0.25, 0.3) is 0 Å². The fourth-order valence-corrected chi connectivity index (χ4v) is 1.27. The SMILES string of the molecule is C[C@H](N)CNCCOCCOCCNC[C@H](C)N. The number of ether oxygens (including phenoxy) is 2. The van der Waals surface area contributed by atoms with Gasteiger partial charge in [-0.05, 0) is 13.8 Å². The predicted molar refractivity (Wildman–Crippen MR) is 74.7 cm³/mol. The van der Waals surface area contributed by atoms with E-state index in [-0.39, 0.29) is 12.1 Å². The van der Waals surface area contributed by atoms with E-state index in [1.54, 1.807) is 0 Å². The predicted octanol–water partition coefficient (Wildman–Crippen LogP) is -1.11. The molecule has 0 aliphatic rings. The van der Waals surface area contributed by atoms with Crippen LogP contribution in [-0.2, 0) is 9.47 Å². The topological polar surface area (TPSA) is 94.6 Å². The average molecular weight is 262 g/mol. The van der Waals surface area contributed by atoms with E-state index in [0.717, 1.165) is 26.2 Å². The molecule has 0 aromatic rings. The van der Waals surface area contributed by atoms with Crippen molar-refractivity contribution >= 4 is 0 Å². The van der Waals surface area contributed by atoms with Gasteiger partial charge in [0.15, 0.2) is 0 Å². The molecule has 0 radical (unpaired) electrons. The van der Waals surface area contributed by atoms with Crippen molar-refractivity contribution in [1.29, 1.82) is 0 Å². The summed E-state index contributed by atoms with van der Waals surface area (Å²) in [5.74, 6) is 0. The Hall–Kier alpha value is -0.240. The minimum absolute atomic E-state index is 0.192. The smallest absolute Gasteiger partial charge is 0.0701 e. The molecule has 6 nitrogen and oxygen atoms in total. The lowest BCUT2D eigenvalue weighted by Crippen LogP contribution is -2.33. The Labute approximate surface area is 111 Å². The summed E-state index contributed by atoms with van der Waals surface area (Å²) >= 11 is 0. The first-order valence-corrected chi connectivity index (χ1v) is 6.71. The second-order valence-corrected chi connectivity index (χ2v) is 4.59. The van der Waals surface area contributed by atoms with Crippen LogP contribution in [-0.4, -0.2) is 64.7 Å². The van der Waals surface area contributed by atoms with E-state index in [0.29, 0.717) is 26.4 Å². The Kier molecular flexibility index (Phi) is 13.0. The number of nitrogens with two attached hydrogens (primary N) is 2. The highest BCUT2D eigenvalue weighted by atomic mass is 16.5. The van der Waals surface area contributed by atoms with E-state index in [4.69, 9.17) is 20.9 Å². The van der Waals surface area contributed by atoms with Crippen molar-refractivity contribution in [3.05, 3.63) is 0 Å². The van der Waals surface area contributed by atoms with Crippen molar-refractivity contribution in [3.63, 3.8) is 0 Å². The highest BCUT2D eigenvalue weighted by molar-refractivity contribution is 4.57. The highest BCUT2D eigenvalue weighted by Crippen LogP contribution is 1.79. The first-order valence-electron chi connectivity index (χ1n) is 6.71. The molecule has 0 aromatic carbocycles. The zero-order chi connectivity index (χ0) is 13.6. The van der Waals surface area contributed by atoms with Crippen molar-refractivity contribution in [2.45, 2.75) is 25.9 Å². The number of hydrogen-bond donors (Lipinski definition) is 4. The maximum absolute atomic E-state index is 5.59. The molecule has 0 spiro atoms. The summed E-state index contributed by atoms with van der Waals surface area (Å²) in [6.45, 7) is 9.91. The molecular weight excluding hydrogens is 232 g/mol. The third-order valence-corrected chi connectivity index (χ3v) is 2.15. The molecule has 6 N–H and O–H groups in total. The van der Waals surface area contributed by atoms with Gasteiger partial charge in [0.25, 0.3) is 0 Å². The van der Waals surface area contributed by atoms with Crippen LogP contribution in [0.5, 0.6) is 0 Å². The largest absolute Gasteiger partial charge is 0.378 e. The standard InChI is InChI=1S/C12H30N4O2/c1-11(13)9-15-3-5-17-7-8-18-6-4-16-10-12(2)14/h11-12,15-16H,3-10,13-14H2,1-2H3/t11-,12-/m0/s1. The minimum atomic E-state index is 0.192. The average Bonchev–Trinajstić information content (AvgIpc) is 2.29. The quantitative estimate of drug-likeness (QED) is 0.315. The lowest BCUT2D eigenvalue weighted by molar-refractivity contribution is 0.0499. The van der Waals surface area contributed by atoms with Gasteiger partial charge in [-0.15, -0.1) is 0 Å².